The molecular weight excluding hydrogens is 228 g/mol. The fourth-order valence-corrected chi connectivity index (χ4v) is 2.25. The molecule has 1 aromatic carbocycles. The van der Waals surface area contributed by atoms with Crippen molar-refractivity contribution in [3.63, 3.8) is 0 Å². The van der Waals surface area contributed by atoms with Crippen LogP contribution in [-0.2, 0) is 4.79 Å². The highest BCUT2D eigenvalue weighted by Crippen LogP contribution is 2.29. The zero-order valence-electron chi connectivity index (χ0n) is 11.0. The number of amides is 1. The smallest absolute Gasteiger partial charge is 0.220 e. The van der Waals surface area contributed by atoms with Crippen molar-refractivity contribution in [3.8, 4) is 5.75 Å². The Bertz CT molecular complexity index is 420. The molecule has 0 bridgehead atoms. The molecule has 1 aliphatic heterocycles. The van der Waals surface area contributed by atoms with Gasteiger partial charge in [0.1, 0.15) is 5.75 Å². The van der Waals surface area contributed by atoms with Crippen LogP contribution in [0.5, 0.6) is 5.75 Å². The summed E-state index contributed by atoms with van der Waals surface area (Å²) in [5.41, 5.74) is 2.34. The molecule has 2 rings (SSSR count). The predicted octanol–water partition coefficient (Wildman–Crippen LogP) is 1.72. The maximum absolute atomic E-state index is 11.3. The molecule has 1 aromatic rings. The van der Waals surface area contributed by atoms with Gasteiger partial charge in [0.05, 0.1) is 12.8 Å². The number of nitrogens with one attached hydrogen (secondary N) is 1. The van der Waals surface area contributed by atoms with E-state index in [4.69, 9.17) is 4.74 Å². The van der Waals surface area contributed by atoms with Gasteiger partial charge in [-0.3, -0.25) is 4.79 Å². The van der Waals surface area contributed by atoms with Gasteiger partial charge in [-0.05, 0) is 31.0 Å². The topological polar surface area (TPSA) is 41.6 Å². The average molecular weight is 248 g/mol. The minimum absolute atomic E-state index is 0.158. The number of anilines is 1. The molecule has 0 radical (unpaired) electrons. The van der Waals surface area contributed by atoms with E-state index in [2.05, 4.69) is 23.2 Å². The van der Waals surface area contributed by atoms with Gasteiger partial charge < -0.3 is 15.0 Å². The molecule has 0 aliphatic carbocycles. The number of benzene rings is 1. The highest BCUT2D eigenvalue weighted by molar-refractivity contribution is 5.76. The second kappa shape index (κ2) is 5.76. The average Bonchev–Trinajstić information content (AvgIpc) is 2.33. The van der Waals surface area contributed by atoms with Crippen molar-refractivity contribution >= 4 is 11.6 Å². The predicted molar refractivity (Wildman–Crippen MR) is 72.2 cm³/mol. The van der Waals surface area contributed by atoms with E-state index in [0.717, 1.165) is 30.9 Å². The third-order valence-corrected chi connectivity index (χ3v) is 3.21. The zero-order chi connectivity index (χ0) is 13.0. The summed E-state index contributed by atoms with van der Waals surface area (Å²) in [5.74, 6) is 1.05. The van der Waals surface area contributed by atoms with Crippen LogP contribution >= 0.6 is 0 Å². The minimum atomic E-state index is 0.158. The Morgan fingerprint density at radius 3 is 2.94 bits per heavy atom. The maximum atomic E-state index is 11.3. The summed E-state index contributed by atoms with van der Waals surface area (Å²) >= 11 is 0. The number of aryl methyl sites for hydroxylation is 1. The Balaban J connectivity index is 2.18. The fourth-order valence-electron chi connectivity index (χ4n) is 2.25. The minimum Gasteiger partial charge on any atom is -0.495 e. The molecule has 1 heterocycles. The van der Waals surface area contributed by atoms with E-state index in [-0.39, 0.29) is 5.91 Å². The van der Waals surface area contributed by atoms with Crippen molar-refractivity contribution in [1.82, 2.24) is 5.32 Å². The van der Waals surface area contributed by atoms with Crippen molar-refractivity contribution in [2.45, 2.75) is 19.8 Å². The molecular formula is C14H20N2O2. The SMILES string of the molecule is COc1ccc(C)cc1N1CCCC(=O)NCC1. The maximum Gasteiger partial charge on any atom is 0.220 e. The lowest BCUT2D eigenvalue weighted by Gasteiger charge is -2.28. The first-order valence-corrected chi connectivity index (χ1v) is 6.37. The second-order valence-corrected chi connectivity index (χ2v) is 4.62. The van der Waals surface area contributed by atoms with E-state index in [1.54, 1.807) is 7.11 Å². The van der Waals surface area contributed by atoms with Gasteiger partial charge in [-0.1, -0.05) is 6.07 Å². The molecule has 0 atom stereocenters. The van der Waals surface area contributed by atoms with Crippen LogP contribution in [-0.4, -0.2) is 32.7 Å². The van der Waals surface area contributed by atoms with E-state index < -0.39 is 0 Å². The molecule has 0 saturated carbocycles. The first kappa shape index (κ1) is 12.7. The summed E-state index contributed by atoms with van der Waals surface area (Å²) in [6, 6.07) is 6.19. The van der Waals surface area contributed by atoms with Crippen molar-refractivity contribution in [3.05, 3.63) is 23.8 Å². The quantitative estimate of drug-likeness (QED) is 0.866. The Morgan fingerprint density at radius 2 is 2.17 bits per heavy atom. The summed E-state index contributed by atoms with van der Waals surface area (Å²) in [6.07, 6.45) is 1.48. The number of methoxy groups -OCH3 is 1. The van der Waals surface area contributed by atoms with Crippen LogP contribution < -0.4 is 15.0 Å². The number of carbonyl (C=O) groups excluding carboxylic acids is 1. The summed E-state index contributed by atoms with van der Waals surface area (Å²) in [7, 11) is 1.69. The van der Waals surface area contributed by atoms with Crippen LogP contribution in [0.2, 0.25) is 0 Å². The van der Waals surface area contributed by atoms with Gasteiger partial charge in [0, 0.05) is 26.1 Å². The number of hydrogen-bond acceptors (Lipinski definition) is 3. The number of hydrogen-bond donors (Lipinski definition) is 1. The summed E-state index contributed by atoms with van der Waals surface area (Å²) in [4.78, 5) is 13.6. The van der Waals surface area contributed by atoms with Gasteiger partial charge in [0.25, 0.3) is 0 Å². The number of carbonyl (C=O) groups is 1. The molecule has 18 heavy (non-hydrogen) atoms. The van der Waals surface area contributed by atoms with Gasteiger partial charge >= 0.3 is 0 Å². The third kappa shape index (κ3) is 2.94. The van der Waals surface area contributed by atoms with Gasteiger partial charge in [-0.2, -0.15) is 0 Å². The van der Waals surface area contributed by atoms with Gasteiger partial charge in [0.2, 0.25) is 5.91 Å². The molecule has 1 amide bonds. The monoisotopic (exact) mass is 248 g/mol. The molecule has 0 spiro atoms. The molecule has 0 aromatic heterocycles. The molecule has 1 N–H and O–H groups in total. The summed E-state index contributed by atoms with van der Waals surface area (Å²) in [5, 5.41) is 2.91. The van der Waals surface area contributed by atoms with E-state index in [1.165, 1.54) is 5.56 Å². The van der Waals surface area contributed by atoms with Crippen molar-refractivity contribution in [1.29, 1.82) is 0 Å². The van der Waals surface area contributed by atoms with Gasteiger partial charge in [0.15, 0.2) is 0 Å². The Hall–Kier alpha value is -1.71. The number of nitrogens with zero attached hydrogens (tertiary/aromatic N) is 1. The van der Waals surface area contributed by atoms with Gasteiger partial charge in [-0.15, -0.1) is 0 Å². The van der Waals surface area contributed by atoms with E-state index in [1.807, 2.05) is 12.1 Å². The van der Waals surface area contributed by atoms with E-state index in [9.17, 15) is 4.79 Å². The van der Waals surface area contributed by atoms with Crippen LogP contribution in [0.15, 0.2) is 18.2 Å². The normalized spacial score (nSPS) is 16.8. The Kier molecular flexibility index (Phi) is 4.07. The van der Waals surface area contributed by atoms with Crippen molar-refractivity contribution in [2.24, 2.45) is 0 Å². The molecule has 98 valence electrons. The largest absolute Gasteiger partial charge is 0.495 e. The summed E-state index contributed by atoms with van der Waals surface area (Å²) < 4.78 is 5.42. The van der Waals surface area contributed by atoms with Gasteiger partial charge in [-0.25, -0.2) is 0 Å². The number of rotatable bonds is 2. The lowest BCUT2D eigenvalue weighted by molar-refractivity contribution is -0.121. The van der Waals surface area contributed by atoms with E-state index >= 15 is 0 Å². The molecule has 1 saturated heterocycles. The number of ether oxygens (including phenoxy) is 1. The molecule has 0 unspecified atom stereocenters. The lowest BCUT2D eigenvalue weighted by atomic mass is 10.1. The molecule has 4 nitrogen and oxygen atoms in total. The lowest BCUT2D eigenvalue weighted by Crippen LogP contribution is -2.38. The molecule has 1 aliphatic rings. The highest BCUT2D eigenvalue weighted by atomic mass is 16.5. The first-order chi connectivity index (χ1) is 8.70. The molecule has 4 heteroatoms. The fraction of sp³-hybridized carbons (Fsp3) is 0.500. The van der Waals surface area contributed by atoms with Crippen LogP contribution in [0.3, 0.4) is 0 Å². The van der Waals surface area contributed by atoms with Crippen molar-refractivity contribution in [2.75, 3.05) is 31.6 Å². The second-order valence-electron chi connectivity index (χ2n) is 4.62. The van der Waals surface area contributed by atoms with Crippen LogP contribution in [0.25, 0.3) is 0 Å². The van der Waals surface area contributed by atoms with E-state index in [0.29, 0.717) is 13.0 Å². The third-order valence-electron chi connectivity index (χ3n) is 3.21. The van der Waals surface area contributed by atoms with Crippen LogP contribution in [0, 0.1) is 6.92 Å². The van der Waals surface area contributed by atoms with Crippen LogP contribution in [0.4, 0.5) is 5.69 Å². The summed E-state index contributed by atoms with van der Waals surface area (Å²) in [6.45, 7) is 4.49. The Labute approximate surface area is 108 Å². The first-order valence-electron chi connectivity index (χ1n) is 6.37. The van der Waals surface area contributed by atoms with Crippen molar-refractivity contribution < 1.29 is 9.53 Å². The Morgan fingerprint density at radius 1 is 1.33 bits per heavy atom. The highest BCUT2D eigenvalue weighted by Gasteiger charge is 2.15. The zero-order valence-corrected chi connectivity index (χ0v) is 11.0. The van der Waals surface area contributed by atoms with Crippen LogP contribution in [0.1, 0.15) is 18.4 Å². The standard InChI is InChI=1S/C14H20N2O2/c1-11-5-6-13(18-2)12(10-11)16-8-3-4-14(17)15-7-9-16/h5-6,10H,3-4,7-9H2,1-2H3,(H,15,17). The molecule has 1 fully saturated rings.